The van der Waals surface area contributed by atoms with E-state index < -0.39 is 11.7 Å². The molecule has 0 spiro atoms. The molecule has 0 amide bonds. The summed E-state index contributed by atoms with van der Waals surface area (Å²) < 4.78 is 37.4. The van der Waals surface area contributed by atoms with Gasteiger partial charge in [-0.15, -0.1) is 11.3 Å². The van der Waals surface area contributed by atoms with Crippen molar-refractivity contribution in [1.82, 2.24) is 4.98 Å². The smallest absolute Gasteiger partial charge is 0.391 e. The van der Waals surface area contributed by atoms with E-state index in [1.807, 2.05) is 0 Å². The number of hydrogen-bond donors (Lipinski definition) is 1. The summed E-state index contributed by atoms with van der Waals surface area (Å²) in [6.45, 7) is -0.178. The summed E-state index contributed by atoms with van der Waals surface area (Å²) in [6, 6.07) is 2.63. The summed E-state index contributed by atoms with van der Waals surface area (Å²) >= 11 is 1.12. The minimum Gasteiger partial charge on any atom is -0.391 e. The van der Waals surface area contributed by atoms with Crippen molar-refractivity contribution in [2.45, 2.75) is 12.8 Å². The van der Waals surface area contributed by atoms with Crippen LogP contribution in [0.2, 0.25) is 0 Å². The van der Waals surface area contributed by atoms with Gasteiger partial charge >= 0.3 is 6.18 Å². The molecule has 2 nitrogen and oxygen atoms in total. The highest BCUT2D eigenvalue weighted by atomic mass is 32.1. The van der Waals surface area contributed by atoms with E-state index in [-0.39, 0.29) is 6.61 Å². The fourth-order valence-electron chi connectivity index (χ4n) is 1.20. The van der Waals surface area contributed by atoms with Crippen molar-refractivity contribution in [1.29, 1.82) is 0 Å². The number of alkyl halides is 3. The number of rotatable bonds is 1. The first-order chi connectivity index (χ1) is 7.00. The molecule has 0 aliphatic heterocycles. The highest BCUT2D eigenvalue weighted by Crippen LogP contribution is 2.32. The van der Waals surface area contributed by atoms with Crippen LogP contribution in [0.4, 0.5) is 13.2 Å². The SMILES string of the molecule is OCc1cc2ncc(C(F)(F)F)cc2s1. The molecule has 0 radical (unpaired) electrons. The quantitative estimate of drug-likeness (QED) is 0.821. The molecule has 2 aromatic heterocycles. The van der Waals surface area contributed by atoms with Crippen molar-refractivity contribution in [3.05, 3.63) is 28.8 Å². The number of hydrogen-bond acceptors (Lipinski definition) is 3. The Kier molecular flexibility index (Phi) is 2.40. The van der Waals surface area contributed by atoms with E-state index in [0.29, 0.717) is 15.1 Å². The van der Waals surface area contributed by atoms with E-state index >= 15 is 0 Å². The lowest BCUT2D eigenvalue weighted by Crippen LogP contribution is -2.04. The average Bonchev–Trinajstić information content (AvgIpc) is 2.57. The molecule has 0 atom stereocenters. The second kappa shape index (κ2) is 3.46. The zero-order valence-electron chi connectivity index (χ0n) is 7.38. The highest BCUT2D eigenvalue weighted by Gasteiger charge is 2.31. The molecule has 80 valence electrons. The molecule has 2 heterocycles. The minimum absolute atomic E-state index is 0.178. The zero-order chi connectivity index (χ0) is 11.1. The molecule has 6 heteroatoms. The van der Waals surface area contributed by atoms with Crippen LogP contribution in [0, 0.1) is 0 Å². The van der Waals surface area contributed by atoms with Crippen LogP contribution in [0.15, 0.2) is 18.3 Å². The third-order valence-corrected chi connectivity index (χ3v) is 2.96. The van der Waals surface area contributed by atoms with E-state index in [1.165, 1.54) is 0 Å². The lowest BCUT2D eigenvalue weighted by molar-refractivity contribution is -0.137. The molecule has 0 fully saturated rings. The zero-order valence-corrected chi connectivity index (χ0v) is 8.19. The summed E-state index contributed by atoms with van der Waals surface area (Å²) in [4.78, 5) is 4.30. The van der Waals surface area contributed by atoms with Crippen molar-refractivity contribution >= 4 is 21.6 Å². The Morgan fingerprint density at radius 2 is 2.07 bits per heavy atom. The van der Waals surface area contributed by atoms with Crippen LogP contribution in [-0.4, -0.2) is 10.1 Å². The third-order valence-electron chi connectivity index (χ3n) is 1.90. The van der Waals surface area contributed by atoms with Gasteiger partial charge < -0.3 is 5.11 Å². The average molecular weight is 233 g/mol. The normalized spacial score (nSPS) is 12.3. The fraction of sp³-hybridized carbons (Fsp3) is 0.222. The van der Waals surface area contributed by atoms with E-state index in [0.717, 1.165) is 23.6 Å². The lowest BCUT2D eigenvalue weighted by Gasteiger charge is -2.04. The van der Waals surface area contributed by atoms with Crippen LogP contribution >= 0.6 is 11.3 Å². The number of halogens is 3. The minimum atomic E-state index is -4.37. The number of nitrogens with zero attached hydrogens (tertiary/aromatic N) is 1. The molecular formula is C9H6F3NOS. The van der Waals surface area contributed by atoms with Crippen LogP contribution in [-0.2, 0) is 12.8 Å². The van der Waals surface area contributed by atoms with Crippen molar-refractivity contribution < 1.29 is 18.3 Å². The van der Waals surface area contributed by atoms with Gasteiger partial charge in [-0.3, -0.25) is 4.98 Å². The number of pyridine rings is 1. The van der Waals surface area contributed by atoms with Gasteiger partial charge in [-0.1, -0.05) is 0 Å². The number of aromatic nitrogens is 1. The van der Waals surface area contributed by atoms with Gasteiger partial charge in [0.15, 0.2) is 0 Å². The molecule has 1 N–H and O–H groups in total. The second-order valence-electron chi connectivity index (χ2n) is 2.98. The van der Waals surface area contributed by atoms with E-state index in [9.17, 15) is 13.2 Å². The van der Waals surface area contributed by atoms with Crippen LogP contribution in [0.1, 0.15) is 10.4 Å². The Labute approximate surface area is 87.0 Å². The van der Waals surface area contributed by atoms with E-state index in [4.69, 9.17) is 5.11 Å². The maximum Gasteiger partial charge on any atom is 0.417 e. The molecule has 0 bridgehead atoms. The Morgan fingerprint density at radius 3 is 2.67 bits per heavy atom. The first-order valence-corrected chi connectivity index (χ1v) is 4.89. The van der Waals surface area contributed by atoms with Gasteiger partial charge in [-0.25, -0.2) is 0 Å². The molecular weight excluding hydrogens is 227 g/mol. The number of fused-ring (bicyclic) bond motifs is 1. The Balaban J connectivity index is 2.55. The third kappa shape index (κ3) is 1.95. The molecule has 0 aromatic carbocycles. The summed E-state index contributed by atoms with van der Waals surface area (Å²) in [5.41, 5.74) is -0.279. The van der Waals surface area contributed by atoms with Gasteiger partial charge in [-0.2, -0.15) is 13.2 Å². The van der Waals surface area contributed by atoms with Crippen LogP contribution < -0.4 is 0 Å². The summed E-state index contributed by atoms with van der Waals surface area (Å²) in [5.74, 6) is 0. The molecule has 15 heavy (non-hydrogen) atoms. The van der Waals surface area contributed by atoms with Gasteiger partial charge in [0.05, 0.1) is 22.4 Å². The first-order valence-electron chi connectivity index (χ1n) is 4.07. The topological polar surface area (TPSA) is 33.1 Å². The molecule has 0 saturated heterocycles. The van der Waals surface area contributed by atoms with E-state index in [1.54, 1.807) is 6.07 Å². The Bertz CT molecular complexity index is 492. The monoisotopic (exact) mass is 233 g/mol. The Morgan fingerprint density at radius 1 is 1.33 bits per heavy atom. The maximum atomic E-state index is 12.3. The predicted octanol–water partition coefficient (Wildman–Crippen LogP) is 2.81. The van der Waals surface area contributed by atoms with Crippen LogP contribution in [0.5, 0.6) is 0 Å². The number of aliphatic hydroxyl groups is 1. The molecule has 0 saturated carbocycles. The molecule has 0 aliphatic rings. The van der Waals surface area contributed by atoms with Gasteiger partial charge in [0.2, 0.25) is 0 Å². The number of thiophene rings is 1. The summed E-state index contributed by atoms with van der Waals surface area (Å²) in [7, 11) is 0. The van der Waals surface area contributed by atoms with Crippen LogP contribution in [0.3, 0.4) is 0 Å². The first kappa shape index (κ1) is 10.4. The van der Waals surface area contributed by atoms with Crippen LogP contribution in [0.25, 0.3) is 10.2 Å². The van der Waals surface area contributed by atoms with E-state index in [2.05, 4.69) is 4.98 Å². The van der Waals surface area contributed by atoms with Gasteiger partial charge in [-0.05, 0) is 12.1 Å². The second-order valence-corrected chi connectivity index (χ2v) is 4.14. The van der Waals surface area contributed by atoms with Crippen molar-refractivity contribution in [2.24, 2.45) is 0 Å². The lowest BCUT2D eigenvalue weighted by atomic mass is 10.2. The standard InChI is InChI=1S/C9H6F3NOS/c10-9(11,12)5-1-8-7(13-3-5)2-6(4-14)15-8/h1-3,14H,4H2. The summed E-state index contributed by atoms with van der Waals surface area (Å²) in [5, 5.41) is 8.83. The molecule has 0 aliphatic carbocycles. The van der Waals surface area contributed by atoms with Gasteiger partial charge in [0, 0.05) is 11.1 Å². The maximum absolute atomic E-state index is 12.3. The number of aliphatic hydroxyl groups excluding tert-OH is 1. The summed E-state index contributed by atoms with van der Waals surface area (Å²) in [6.07, 6.45) is -3.57. The fourth-order valence-corrected chi connectivity index (χ4v) is 2.12. The Hall–Kier alpha value is -1.14. The molecule has 2 aromatic rings. The van der Waals surface area contributed by atoms with Crippen molar-refractivity contribution in [2.75, 3.05) is 0 Å². The van der Waals surface area contributed by atoms with Gasteiger partial charge in [0.25, 0.3) is 0 Å². The van der Waals surface area contributed by atoms with Crippen molar-refractivity contribution in [3.63, 3.8) is 0 Å². The highest BCUT2D eigenvalue weighted by molar-refractivity contribution is 7.18. The molecule has 0 unspecified atom stereocenters. The van der Waals surface area contributed by atoms with Gasteiger partial charge in [0.1, 0.15) is 0 Å². The largest absolute Gasteiger partial charge is 0.417 e. The molecule has 2 rings (SSSR count). The van der Waals surface area contributed by atoms with Crippen molar-refractivity contribution in [3.8, 4) is 0 Å². The predicted molar refractivity (Wildman–Crippen MR) is 50.5 cm³/mol.